The highest BCUT2D eigenvalue weighted by Gasteiger charge is 2.19. The van der Waals surface area contributed by atoms with Crippen LogP contribution in [0.5, 0.6) is 0 Å². The molecular formula is C20H39NO6. The summed E-state index contributed by atoms with van der Waals surface area (Å²) in [5.74, 6) is -0.390. The number of unbranched alkanes of at least 4 members (excludes halogenated alkanes) is 3. The second kappa shape index (κ2) is 18.2. The molecule has 160 valence electrons. The highest BCUT2D eigenvalue weighted by molar-refractivity contribution is 5.75. The summed E-state index contributed by atoms with van der Waals surface area (Å²) in [6.07, 6.45) is 5.45. The van der Waals surface area contributed by atoms with Crippen LogP contribution in [0.1, 0.15) is 72.1 Å². The van der Waals surface area contributed by atoms with Crippen LogP contribution in [-0.4, -0.2) is 62.2 Å². The zero-order valence-electron chi connectivity index (χ0n) is 17.3. The van der Waals surface area contributed by atoms with Crippen molar-refractivity contribution in [1.29, 1.82) is 0 Å². The summed E-state index contributed by atoms with van der Waals surface area (Å²) in [5.41, 5.74) is 0. The monoisotopic (exact) mass is 389 g/mol. The van der Waals surface area contributed by atoms with E-state index < -0.39 is 6.10 Å². The third-order valence-electron chi connectivity index (χ3n) is 4.17. The number of hydrogen-bond acceptors (Lipinski definition) is 7. The number of carbonyl (C=O) groups is 2. The Bertz CT molecular complexity index is 377. The number of carbonyl (C=O) groups excluding carboxylic acids is 2. The molecule has 0 heterocycles. The quantitative estimate of drug-likeness (QED) is 0.275. The van der Waals surface area contributed by atoms with Crippen LogP contribution in [0.3, 0.4) is 0 Å². The Morgan fingerprint density at radius 2 is 1.59 bits per heavy atom. The molecule has 2 N–H and O–H groups in total. The summed E-state index contributed by atoms with van der Waals surface area (Å²) in [6.45, 7) is 8.05. The normalized spacial score (nSPS) is 13.2. The number of ether oxygens (including phenoxy) is 3. The molecule has 0 radical (unpaired) electrons. The summed E-state index contributed by atoms with van der Waals surface area (Å²) in [7, 11) is 0. The molecule has 7 heteroatoms. The average Bonchev–Trinajstić information content (AvgIpc) is 2.63. The summed E-state index contributed by atoms with van der Waals surface area (Å²) in [6, 6.07) is -0.353. The molecule has 0 saturated carbocycles. The topological polar surface area (TPSA) is 94.1 Å². The molecule has 27 heavy (non-hydrogen) atoms. The van der Waals surface area contributed by atoms with Crippen molar-refractivity contribution in [3.8, 4) is 0 Å². The molecule has 7 nitrogen and oxygen atoms in total. The van der Waals surface area contributed by atoms with Crippen LogP contribution in [0.2, 0.25) is 0 Å². The minimum absolute atomic E-state index is 0.147. The van der Waals surface area contributed by atoms with Gasteiger partial charge in [-0.25, -0.2) is 0 Å². The van der Waals surface area contributed by atoms with Crippen LogP contribution in [0, 0.1) is 0 Å². The molecule has 0 aromatic rings. The van der Waals surface area contributed by atoms with E-state index in [0.29, 0.717) is 58.7 Å². The zero-order valence-corrected chi connectivity index (χ0v) is 17.3. The number of hydrogen-bond donors (Lipinski definition) is 2. The minimum Gasteiger partial charge on any atom is -0.466 e. The van der Waals surface area contributed by atoms with Crippen LogP contribution in [0.15, 0.2) is 0 Å². The van der Waals surface area contributed by atoms with Gasteiger partial charge in [-0.2, -0.15) is 0 Å². The second-order valence-electron chi connectivity index (χ2n) is 6.44. The van der Waals surface area contributed by atoms with Crippen molar-refractivity contribution in [3.63, 3.8) is 0 Å². The molecule has 2 unspecified atom stereocenters. The predicted molar refractivity (Wildman–Crippen MR) is 104 cm³/mol. The fourth-order valence-corrected chi connectivity index (χ4v) is 2.68. The molecule has 0 spiro atoms. The van der Waals surface area contributed by atoms with Crippen LogP contribution in [0.4, 0.5) is 0 Å². The molecule has 0 amide bonds. The number of rotatable bonds is 18. The van der Waals surface area contributed by atoms with Gasteiger partial charge in [0.15, 0.2) is 0 Å². The number of aliphatic hydroxyl groups excluding tert-OH is 1. The van der Waals surface area contributed by atoms with E-state index in [1.165, 1.54) is 0 Å². The van der Waals surface area contributed by atoms with Crippen LogP contribution < -0.4 is 5.32 Å². The Morgan fingerprint density at radius 1 is 0.889 bits per heavy atom. The van der Waals surface area contributed by atoms with Gasteiger partial charge in [0.1, 0.15) is 6.04 Å². The largest absolute Gasteiger partial charge is 0.466 e. The SMILES string of the molecule is CCOCCC(O)CCNC(CCCCCCC(=O)OCC)C(=O)OCC. The smallest absolute Gasteiger partial charge is 0.323 e. The van der Waals surface area contributed by atoms with E-state index >= 15 is 0 Å². The number of aliphatic hydroxyl groups is 1. The summed E-state index contributed by atoms with van der Waals surface area (Å²) >= 11 is 0. The van der Waals surface area contributed by atoms with Crippen molar-refractivity contribution < 1.29 is 28.9 Å². The van der Waals surface area contributed by atoms with E-state index in [-0.39, 0.29) is 18.0 Å². The van der Waals surface area contributed by atoms with Crippen LogP contribution >= 0.6 is 0 Å². The van der Waals surface area contributed by atoms with Crippen LogP contribution in [-0.2, 0) is 23.8 Å². The first-order valence-corrected chi connectivity index (χ1v) is 10.4. The first kappa shape index (κ1) is 25.8. The maximum atomic E-state index is 12.1. The lowest BCUT2D eigenvalue weighted by Crippen LogP contribution is -2.39. The van der Waals surface area contributed by atoms with E-state index in [1.807, 2.05) is 6.92 Å². The fourth-order valence-electron chi connectivity index (χ4n) is 2.68. The Hall–Kier alpha value is -1.18. The van der Waals surface area contributed by atoms with Crippen molar-refractivity contribution in [2.45, 2.75) is 84.3 Å². The molecule has 0 aromatic heterocycles. The van der Waals surface area contributed by atoms with Gasteiger partial charge in [-0.15, -0.1) is 0 Å². The van der Waals surface area contributed by atoms with Crippen molar-refractivity contribution in [3.05, 3.63) is 0 Å². The molecule has 0 aliphatic heterocycles. The number of esters is 2. The molecule has 0 aromatic carbocycles. The highest BCUT2D eigenvalue weighted by atomic mass is 16.5. The van der Waals surface area contributed by atoms with Gasteiger partial charge < -0.3 is 24.6 Å². The Balaban J connectivity index is 4.00. The zero-order chi connectivity index (χ0) is 20.3. The lowest BCUT2D eigenvalue weighted by atomic mass is 10.1. The molecule has 2 atom stereocenters. The summed E-state index contributed by atoms with van der Waals surface area (Å²) in [5, 5.41) is 13.1. The molecule has 0 rings (SSSR count). The molecule has 0 aliphatic carbocycles. The molecule has 0 aliphatic rings. The Morgan fingerprint density at radius 3 is 2.26 bits per heavy atom. The van der Waals surface area contributed by atoms with Crippen molar-refractivity contribution in [2.24, 2.45) is 0 Å². The van der Waals surface area contributed by atoms with Gasteiger partial charge in [-0.1, -0.05) is 19.3 Å². The highest BCUT2D eigenvalue weighted by Crippen LogP contribution is 2.10. The van der Waals surface area contributed by atoms with E-state index in [2.05, 4.69) is 5.32 Å². The van der Waals surface area contributed by atoms with Gasteiger partial charge in [0.2, 0.25) is 0 Å². The van der Waals surface area contributed by atoms with Gasteiger partial charge >= 0.3 is 11.9 Å². The maximum absolute atomic E-state index is 12.1. The standard InChI is InChI=1S/C20H39NO6/c1-4-25-16-14-17(22)13-15-21-18(20(24)27-6-3)11-9-7-8-10-12-19(23)26-5-2/h17-18,21-22H,4-16H2,1-3H3. The van der Waals surface area contributed by atoms with Gasteiger partial charge in [-0.05, 0) is 53.0 Å². The lowest BCUT2D eigenvalue weighted by molar-refractivity contribution is -0.146. The minimum atomic E-state index is -0.435. The van der Waals surface area contributed by atoms with Gasteiger partial charge in [0.05, 0.1) is 19.3 Å². The van der Waals surface area contributed by atoms with Crippen LogP contribution in [0.25, 0.3) is 0 Å². The predicted octanol–water partition coefficient (Wildman–Crippen LogP) is 2.59. The van der Waals surface area contributed by atoms with Crippen molar-refractivity contribution in [2.75, 3.05) is 33.0 Å². The molecule has 0 fully saturated rings. The lowest BCUT2D eigenvalue weighted by Gasteiger charge is -2.18. The van der Waals surface area contributed by atoms with Gasteiger partial charge in [-0.3, -0.25) is 9.59 Å². The average molecular weight is 390 g/mol. The second-order valence-corrected chi connectivity index (χ2v) is 6.44. The maximum Gasteiger partial charge on any atom is 0.323 e. The van der Waals surface area contributed by atoms with E-state index in [9.17, 15) is 14.7 Å². The molecular weight excluding hydrogens is 350 g/mol. The number of nitrogens with one attached hydrogen (secondary N) is 1. The van der Waals surface area contributed by atoms with E-state index in [0.717, 1.165) is 25.7 Å². The summed E-state index contributed by atoms with van der Waals surface area (Å²) < 4.78 is 15.3. The van der Waals surface area contributed by atoms with Gasteiger partial charge in [0.25, 0.3) is 0 Å². The Kier molecular flexibility index (Phi) is 17.4. The summed E-state index contributed by atoms with van der Waals surface area (Å²) in [4.78, 5) is 23.4. The van der Waals surface area contributed by atoms with E-state index in [1.54, 1.807) is 13.8 Å². The first-order chi connectivity index (χ1) is 13.0. The third-order valence-corrected chi connectivity index (χ3v) is 4.17. The Labute approximate surface area is 164 Å². The van der Waals surface area contributed by atoms with Gasteiger partial charge in [0, 0.05) is 19.6 Å². The van der Waals surface area contributed by atoms with E-state index in [4.69, 9.17) is 14.2 Å². The van der Waals surface area contributed by atoms with Crippen molar-refractivity contribution >= 4 is 11.9 Å². The fraction of sp³-hybridized carbons (Fsp3) is 0.900. The third kappa shape index (κ3) is 15.6. The first-order valence-electron chi connectivity index (χ1n) is 10.4. The molecule has 0 saturated heterocycles. The molecule has 0 bridgehead atoms. The van der Waals surface area contributed by atoms with Crippen molar-refractivity contribution in [1.82, 2.24) is 5.32 Å².